The number of hydrogen-bond acceptors (Lipinski definition) is 3. The molecule has 0 amide bonds. The number of aromatic nitrogens is 1. The van der Waals surface area contributed by atoms with E-state index in [1.54, 1.807) is 0 Å². The van der Waals surface area contributed by atoms with Crippen LogP contribution < -0.4 is 0 Å². The first-order valence-corrected chi connectivity index (χ1v) is 6.36. The van der Waals surface area contributed by atoms with Crippen LogP contribution in [0, 0.1) is 11.3 Å². The quantitative estimate of drug-likeness (QED) is 0.760. The zero-order chi connectivity index (χ0) is 11.8. The van der Waals surface area contributed by atoms with Crippen molar-refractivity contribution in [2.75, 3.05) is 0 Å². The summed E-state index contributed by atoms with van der Waals surface area (Å²) in [6.45, 7) is 0.771. The molecule has 0 saturated heterocycles. The van der Waals surface area contributed by atoms with E-state index in [4.69, 9.17) is 5.26 Å². The lowest BCUT2D eigenvalue weighted by Crippen LogP contribution is -2.07. The van der Waals surface area contributed by atoms with Crippen LogP contribution in [-0.2, 0) is 6.54 Å². The number of nitrogens with zero attached hydrogens (tertiary/aromatic N) is 2. The normalized spacial score (nSPS) is 17.7. The van der Waals surface area contributed by atoms with Crippen molar-refractivity contribution in [3.05, 3.63) is 45.9 Å². The first-order valence-electron chi connectivity index (χ1n) is 5.48. The maximum absolute atomic E-state index is 12.2. The summed E-state index contributed by atoms with van der Waals surface area (Å²) in [5.74, 6) is 0.00438. The molecule has 0 radical (unpaired) electrons. The summed E-state index contributed by atoms with van der Waals surface area (Å²) >= 11 is 1.45. The molecule has 1 aliphatic heterocycles. The van der Waals surface area contributed by atoms with Crippen molar-refractivity contribution >= 4 is 17.1 Å². The highest BCUT2D eigenvalue weighted by Gasteiger charge is 2.27. The van der Waals surface area contributed by atoms with Gasteiger partial charge in [0.25, 0.3) is 0 Å². The Kier molecular flexibility index (Phi) is 2.34. The molecule has 2 aromatic heterocycles. The van der Waals surface area contributed by atoms with E-state index in [1.165, 1.54) is 11.3 Å². The van der Waals surface area contributed by atoms with Crippen LogP contribution in [0.1, 0.15) is 33.4 Å². The van der Waals surface area contributed by atoms with Gasteiger partial charge in [-0.25, -0.2) is 0 Å². The SMILES string of the molecule is N#CC1CCn2c(C(=O)c3cccs3)ccc21. The summed E-state index contributed by atoms with van der Waals surface area (Å²) in [4.78, 5) is 13.0. The van der Waals surface area contributed by atoms with Gasteiger partial charge in [0.1, 0.15) is 0 Å². The summed E-state index contributed by atoms with van der Waals surface area (Å²) in [7, 11) is 0. The number of nitriles is 1. The van der Waals surface area contributed by atoms with Crippen molar-refractivity contribution in [3.63, 3.8) is 0 Å². The average molecular weight is 242 g/mol. The van der Waals surface area contributed by atoms with Crippen LogP contribution in [0.5, 0.6) is 0 Å². The molecule has 84 valence electrons. The van der Waals surface area contributed by atoms with Crippen LogP contribution in [0.25, 0.3) is 0 Å². The number of ketones is 1. The van der Waals surface area contributed by atoms with Crippen molar-refractivity contribution in [2.45, 2.75) is 18.9 Å². The van der Waals surface area contributed by atoms with Gasteiger partial charge in [-0.1, -0.05) is 6.07 Å². The lowest BCUT2D eigenvalue weighted by molar-refractivity contribution is 0.103. The summed E-state index contributed by atoms with van der Waals surface area (Å²) in [6.07, 6.45) is 0.817. The Morgan fingerprint density at radius 3 is 3.06 bits per heavy atom. The third-order valence-corrected chi connectivity index (χ3v) is 4.01. The summed E-state index contributed by atoms with van der Waals surface area (Å²) in [6, 6.07) is 9.73. The fraction of sp³-hybridized carbons (Fsp3) is 0.231. The van der Waals surface area contributed by atoms with E-state index in [0.29, 0.717) is 5.69 Å². The lowest BCUT2D eigenvalue weighted by Gasteiger charge is -2.03. The maximum Gasteiger partial charge on any atom is 0.219 e. The second-order valence-electron chi connectivity index (χ2n) is 4.07. The summed E-state index contributed by atoms with van der Waals surface area (Å²) in [5.41, 5.74) is 1.69. The molecular formula is C13H10N2OS. The Labute approximate surface area is 103 Å². The number of rotatable bonds is 2. The number of fused-ring (bicyclic) bond motifs is 1. The van der Waals surface area contributed by atoms with Gasteiger partial charge in [0.2, 0.25) is 5.78 Å². The molecule has 1 aliphatic rings. The van der Waals surface area contributed by atoms with Crippen molar-refractivity contribution in [1.29, 1.82) is 5.26 Å². The van der Waals surface area contributed by atoms with Gasteiger partial charge >= 0.3 is 0 Å². The Morgan fingerprint density at radius 1 is 1.47 bits per heavy atom. The zero-order valence-electron chi connectivity index (χ0n) is 9.09. The molecule has 0 bridgehead atoms. The highest BCUT2D eigenvalue weighted by atomic mass is 32.1. The fourth-order valence-electron chi connectivity index (χ4n) is 2.31. The van der Waals surface area contributed by atoms with E-state index in [2.05, 4.69) is 6.07 Å². The van der Waals surface area contributed by atoms with Crippen LogP contribution >= 0.6 is 11.3 Å². The minimum Gasteiger partial charge on any atom is -0.341 e. The van der Waals surface area contributed by atoms with E-state index in [9.17, 15) is 4.79 Å². The van der Waals surface area contributed by atoms with Gasteiger partial charge in [0.15, 0.2) is 0 Å². The molecule has 0 spiro atoms. The van der Waals surface area contributed by atoms with E-state index in [0.717, 1.165) is 23.5 Å². The second-order valence-corrected chi connectivity index (χ2v) is 5.02. The average Bonchev–Trinajstić information content (AvgIpc) is 3.05. The molecule has 0 N–H and O–H groups in total. The lowest BCUT2D eigenvalue weighted by atomic mass is 10.1. The summed E-state index contributed by atoms with van der Waals surface area (Å²) in [5, 5.41) is 10.9. The number of carbonyl (C=O) groups is 1. The number of thiophene rings is 1. The highest BCUT2D eigenvalue weighted by Crippen LogP contribution is 2.30. The van der Waals surface area contributed by atoms with Crippen LogP contribution in [-0.4, -0.2) is 10.4 Å². The second kappa shape index (κ2) is 3.86. The number of hydrogen-bond donors (Lipinski definition) is 0. The minimum atomic E-state index is -0.0557. The molecule has 2 aromatic rings. The van der Waals surface area contributed by atoms with Crippen LogP contribution in [0.2, 0.25) is 0 Å². The predicted molar refractivity (Wildman–Crippen MR) is 65.2 cm³/mol. The molecule has 1 unspecified atom stereocenters. The zero-order valence-corrected chi connectivity index (χ0v) is 9.91. The Balaban J connectivity index is 2.02. The standard InChI is InChI=1S/C13H10N2OS/c14-8-9-5-6-15-10(9)3-4-11(15)13(16)12-2-1-7-17-12/h1-4,7,9H,5-6H2. The van der Waals surface area contributed by atoms with E-state index in [1.807, 2.05) is 34.2 Å². The van der Waals surface area contributed by atoms with E-state index >= 15 is 0 Å². The molecule has 0 fully saturated rings. The molecule has 3 rings (SSSR count). The molecule has 0 aliphatic carbocycles. The molecule has 0 aromatic carbocycles. The molecule has 3 heterocycles. The van der Waals surface area contributed by atoms with Gasteiger partial charge in [0.05, 0.1) is 22.6 Å². The van der Waals surface area contributed by atoms with E-state index in [-0.39, 0.29) is 11.7 Å². The van der Waals surface area contributed by atoms with Gasteiger partial charge in [-0.15, -0.1) is 11.3 Å². The van der Waals surface area contributed by atoms with Crippen molar-refractivity contribution in [1.82, 2.24) is 4.57 Å². The van der Waals surface area contributed by atoms with Gasteiger partial charge in [-0.05, 0) is 30.0 Å². The molecule has 3 nitrogen and oxygen atoms in total. The minimum absolute atomic E-state index is 0.0557. The number of carbonyl (C=O) groups excluding carboxylic acids is 1. The van der Waals surface area contributed by atoms with Crippen LogP contribution in [0.3, 0.4) is 0 Å². The van der Waals surface area contributed by atoms with Crippen molar-refractivity contribution in [3.8, 4) is 6.07 Å². The Hall–Kier alpha value is -1.86. The smallest absolute Gasteiger partial charge is 0.219 e. The molecule has 17 heavy (non-hydrogen) atoms. The first kappa shape index (κ1) is 10.3. The molecule has 0 saturated carbocycles. The largest absolute Gasteiger partial charge is 0.341 e. The van der Waals surface area contributed by atoms with Crippen molar-refractivity contribution < 1.29 is 4.79 Å². The fourth-order valence-corrected chi connectivity index (χ4v) is 2.98. The highest BCUT2D eigenvalue weighted by molar-refractivity contribution is 7.12. The van der Waals surface area contributed by atoms with E-state index < -0.39 is 0 Å². The van der Waals surface area contributed by atoms with Gasteiger partial charge in [0, 0.05) is 12.2 Å². The summed E-state index contributed by atoms with van der Waals surface area (Å²) < 4.78 is 1.98. The topological polar surface area (TPSA) is 45.8 Å². The first-order chi connectivity index (χ1) is 8.31. The van der Waals surface area contributed by atoms with Gasteiger partial charge in [-0.2, -0.15) is 5.26 Å². The van der Waals surface area contributed by atoms with Crippen LogP contribution in [0.4, 0.5) is 0 Å². The Bertz CT molecular complexity index is 604. The third kappa shape index (κ3) is 1.51. The third-order valence-electron chi connectivity index (χ3n) is 3.15. The monoisotopic (exact) mass is 242 g/mol. The van der Waals surface area contributed by atoms with Gasteiger partial charge in [-0.3, -0.25) is 4.79 Å². The predicted octanol–water partition coefficient (Wildman–Crippen LogP) is 2.79. The molecule has 1 atom stereocenters. The Morgan fingerprint density at radius 2 is 2.35 bits per heavy atom. The maximum atomic E-state index is 12.2. The molecule has 4 heteroatoms. The molecular weight excluding hydrogens is 232 g/mol. The van der Waals surface area contributed by atoms with Crippen molar-refractivity contribution in [2.24, 2.45) is 0 Å². The van der Waals surface area contributed by atoms with Gasteiger partial charge < -0.3 is 4.57 Å². The van der Waals surface area contributed by atoms with Crippen LogP contribution in [0.15, 0.2) is 29.6 Å².